The van der Waals surface area contributed by atoms with E-state index < -0.39 is 6.04 Å². The summed E-state index contributed by atoms with van der Waals surface area (Å²) < 4.78 is 15.2. The van der Waals surface area contributed by atoms with Gasteiger partial charge in [0.1, 0.15) is 17.7 Å². The number of nitrogens with one attached hydrogen (secondary N) is 1. The van der Waals surface area contributed by atoms with Crippen LogP contribution in [-0.4, -0.2) is 39.4 Å². The summed E-state index contributed by atoms with van der Waals surface area (Å²) in [5, 5.41) is 3.23. The molecule has 1 saturated heterocycles. The van der Waals surface area contributed by atoms with Crippen LogP contribution in [0.4, 0.5) is 4.39 Å². The van der Waals surface area contributed by atoms with Crippen LogP contribution in [0.15, 0.2) is 78.9 Å². The van der Waals surface area contributed by atoms with Gasteiger partial charge in [0.15, 0.2) is 0 Å². The number of imidazole rings is 1. The molecule has 0 spiro atoms. The van der Waals surface area contributed by atoms with E-state index in [0.717, 1.165) is 40.8 Å². The van der Waals surface area contributed by atoms with Gasteiger partial charge >= 0.3 is 0 Å². The molecule has 3 aromatic carbocycles. The van der Waals surface area contributed by atoms with Gasteiger partial charge < -0.3 is 14.8 Å². The third-order valence-electron chi connectivity index (χ3n) is 6.91. The number of piperidine rings is 1. The van der Waals surface area contributed by atoms with Gasteiger partial charge in [-0.1, -0.05) is 54.6 Å². The summed E-state index contributed by atoms with van der Waals surface area (Å²) >= 11 is 0. The quantitative estimate of drug-likeness (QED) is 0.441. The molecule has 0 saturated carbocycles. The second-order valence-corrected chi connectivity index (χ2v) is 9.35. The molecule has 5 rings (SSSR count). The van der Waals surface area contributed by atoms with E-state index >= 15 is 0 Å². The lowest BCUT2D eigenvalue weighted by atomic mass is 9.95. The molecule has 1 aromatic heterocycles. The van der Waals surface area contributed by atoms with Crippen molar-refractivity contribution in [1.82, 2.24) is 19.8 Å². The molecule has 2 unspecified atom stereocenters. The molecular formula is C29H29FN4O2. The highest BCUT2D eigenvalue weighted by Gasteiger charge is 2.31. The maximum absolute atomic E-state index is 13.5. The van der Waals surface area contributed by atoms with Crippen LogP contribution >= 0.6 is 0 Å². The highest BCUT2D eigenvalue weighted by atomic mass is 19.1. The molecule has 1 aliphatic heterocycles. The molecule has 0 aliphatic carbocycles. The number of rotatable bonds is 6. The topological polar surface area (TPSA) is 67.2 Å². The van der Waals surface area contributed by atoms with Crippen molar-refractivity contribution in [3.8, 4) is 0 Å². The lowest BCUT2D eigenvalue weighted by Crippen LogP contribution is -2.46. The van der Waals surface area contributed by atoms with Crippen LogP contribution in [0.3, 0.4) is 0 Å². The molecule has 0 radical (unpaired) electrons. The van der Waals surface area contributed by atoms with Gasteiger partial charge in [-0.15, -0.1) is 0 Å². The van der Waals surface area contributed by atoms with Crippen LogP contribution in [0.2, 0.25) is 0 Å². The van der Waals surface area contributed by atoms with Gasteiger partial charge in [-0.2, -0.15) is 0 Å². The SMILES string of the molecule is Cn1c(C(NC(=O)C2CCCN(C(=O)Cc3ccc(F)cc3)C2)c2ccccc2)nc2ccccc21. The Kier molecular flexibility index (Phi) is 6.80. The van der Waals surface area contributed by atoms with Crippen LogP contribution in [-0.2, 0) is 23.1 Å². The van der Waals surface area contributed by atoms with Crippen molar-refractivity contribution in [2.45, 2.75) is 25.3 Å². The molecule has 1 N–H and O–H groups in total. The van der Waals surface area contributed by atoms with Crippen molar-refractivity contribution in [2.75, 3.05) is 13.1 Å². The average molecular weight is 485 g/mol. The zero-order chi connectivity index (χ0) is 25.1. The predicted molar refractivity (Wildman–Crippen MR) is 137 cm³/mol. The summed E-state index contributed by atoms with van der Waals surface area (Å²) in [6, 6.07) is 23.3. The van der Waals surface area contributed by atoms with Crippen molar-refractivity contribution in [3.05, 3.63) is 102 Å². The molecule has 6 nitrogen and oxygen atoms in total. The number of fused-ring (bicyclic) bond motifs is 1. The molecule has 7 heteroatoms. The van der Waals surface area contributed by atoms with Crippen molar-refractivity contribution in [2.24, 2.45) is 13.0 Å². The smallest absolute Gasteiger partial charge is 0.227 e. The van der Waals surface area contributed by atoms with Crippen LogP contribution in [0.1, 0.15) is 35.8 Å². The van der Waals surface area contributed by atoms with Gasteiger partial charge in [0.05, 0.1) is 23.4 Å². The highest BCUT2D eigenvalue weighted by molar-refractivity contribution is 5.83. The third-order valence-corrected chi connectivity index (χ3v) is 6.91. The minimum absolute atomic E-state index is 0.0472. The van der Waals surface area contributed by atoms with Gasteiger partial charge in [-0.05, 0) is 48.2 Å². The molecule has 2 heterocycles. The molecule has 4 aromatic rings. The number of hydrogen-bond acceptors (Lipinski definition) is 3. The average Bonchev–Trinajstić information content (AvgIpc) is 3.25. The summed E-state index contributed by atoms with van der Waals surface area (Å²) in [6.45, 7) is 0.993. The molecule has 1 fully saturated rings. The number of hydrogen-bond donors (Lipinski definition) is 1. The monoisotopic (exact) mass is 484 g/mol. The normalized spacial score (nSPS) is 16.6. The molecule has 184 valence electrons. The standard InChI is InChI=1S/C29H29FN4O2/c1-33-25-12-6-5-11-24(25)31-28(33)27(21-8-3-2-4-9-21)32-29(36)22-10-7-17-34(19-22)26(35)18-20-13-15-23(30)16-14-20/h2-6,8-9,11-16,22,27H,7,10,17-19H2,1H3,(H,32,36). The Hall–Kier alpha value is -4.00. The summed E-state index contributed by atoms with van der Waals surface area (Å²) in [6.07, 6.45) is 1.67. The first kappa shape index (κ1) is 23.7. The fourth-order valence-electron chi connectivity index (χ4n) is 4.93. The third kappa shape index (κ3) is 5.00. The molecule has 1 aliphatic rings. The van der Waals surface area contributed by atoms with Crippen LogP contribution in [0.5, 0.6) is 0 Å². The number of para-hydroxylation sites is 2. The Labute approximate surface area is 209 Å². The number of aryl methyl sites for hydroxylation is 1. The van der Waals surface area contributed by atoms with Crippen LogP contribution in [0.25, 0.3) is 11.0 Å². The van der Waals surface area contributed by atoms with E-state index in [1.54, 1.807) is 17.0 Å². The second-order valence-electron chi connectivity index (χ2n) is 9.35. The number of aromatic nitrogens is 2. The van der Waals surface area contributed by atoms with Crippen molar-refractivity contribution >= 4 is 22.8 Å². The first-order chi connectivity index (χ1) is 17.5. The highest BCUT2D eigenvalue weighted by Crippen LogP contribution is 2.26. The Morgan fingerprint density at radius 3 is 2.50 bits per heavy atom. The molecule has 2 atom stereocenters. The largest absolute Gasteiger partial charge is 0.342 e. The number of benzene rings is 3. The minimum atomic E-state index is -0.415. The Bertz CT molecular complexity index is 1370. The van der Waals surface area contributed by atoms with E-state index in [1.807, 2.05) is 66.2 Å². The number of carbonyl (C=O) groups is 2. The van der Waals surface area contributed by atoms with E-state index in [9.17, 15) is 14.0 Å². The lowest BCUT2D eigenvalue weighted by molar-refractivity contribution is -0.135. The van der Waals surface area contributed by atoms with E-state index in [0.29, 0.717) is 13.1 Å². The number of likely N-dealkylation sites (tertiary alicyclic amines) is 1. The second kappa shape index (κ2) is 10.3. The molecule has 0 bridgehead atoms. The van der Waals surface area contributed by atoms with Gasteiger partial charge in [0.25, 0.3) is 0 Å². The number of halogens is 1. The zero-order valence-electron chi connectivity index (χ0n) is 20.2. The first-order valence-electron chi connectivity index (χ1n) is 12.3. The van der Waals surface area contributed by atoms with E-state index in [4.69, 9.17) is 4.98 Å². The fourth-order valence-corrected chi connectivity index (χ4v) is 4.93. The molecule has 2 amide bonds. The summed E-state index contributed by atoms with van der Waals surface area (Å²) in [5.74, 6) is -0.00800. The lowest BCUT2D eigenvalue weighted by Gasteiger charge is -2.33. The number of nitrogens with zero attached hydrogens (tertiary/aromatic N) is 3. The van der Waals surface area contributed by atoms with Gasteiger partial charge in [-0.3, -0.25) is 9.59 Å². The van der Waals surface area contributed by atoms with E-state index in [1.165, 1.54) is 12.1 Å². The Morgan fingerprint density at radius 1 is 1.03 bits per heavy atom. The van der Waals surface area contributed by atoms with Crippen molar-refractivity contribution < 1.29 is 14.0 Å². The fraction of sp³-hybridized carbons (Fsp3) is 0.276. The van der Waals surface area contributed by atoms with Crippen LogP contribution < -0.4 is 5.32 Å². The maximum atomic E-state index is 13.5. The maximum Gasteiger partial charge on any atom is 0.227 e. The van der Waals surface area contributed by atoms with Crippen LogP contribution in [0, 0.1) is 11.7 Å². The molecule has 36 heavy (non-hydrogen) atoms. The zero-order valence-corrected chi connectivity index (χ0v) is 20.2. The van der Waals surface area contributed by atoms with Gasteiger partial charge in [-0.25, -0.2) is 9.37 Å². The number of carbonyl (C=O) groups excluding carboxylic acids is 2. The van der Waals surface area contributed by atoms with Crippen molar-refractivity contribution in [1.29, 1.82) is 0 Å². The van der Waals surface area contributed by atoms with Crippen molar-refractivity contribution in [3.63, 3.8) is 0 Å². The number of amides is 2. The van der Waals surface area contributed by atoms with E-state index in [2.05, 4.69) is 5.32 Å². The molecular weight excluding hydrogens is 455 g/mol. The summed E-state index contributed by atoms with van der Waals surface area (Å²) in [5.41, 5.74) is 3.58. The Morgan fingerprint density at radius 2 is 1.75 bits per heavy atom. The van der Waals surface area contributed by atoms with E-state index in [-0.39, 0.29) is 30.0 Å². The minimum Gasteiger partial charge on any atom is -0.342 e. The summed E-state index contributed by atoms with van der Waals surface area (Å²) in [4.78, 5) is 33.0. The predicted octanol–water partition coefficient (Wildman–Crippen LogP) is 4.40. The first-order valence-corrected chi connectivity index (χ1v) is 12.3. The summed E-state index contributed by atoms with van der Waals surface area (Å²) in [7, 11) is 1.96. The van der Waals surface area contributed by atoms with Gasteiger partial charge in [0.2, 0.25) is 11.8 Å². The van der Waals surface area contributed by atoms with Gasteiger partial charge in [0, 0.05) is 20.1 Å². The Balaban J connectivity index is 1.34.